The number of likely N-dealkylation sites (N-methyl/N-ethyl adjacent to an activating group) is 1. The summed E-state index contributed by atoms with van der Waals surface area (Å²) >= 11 is 6.25. The average Bonchev–Trinajstić information content (AvgIpc) is 2.28. The van der Waals surface area contributed by atoms with E-state index in [0.717, 1.165) is 5.56 Å². The molecular weight excluding hydrogens is 234 g/mol. The number of alkyl halides is 1. The van der Waals surface area contributed by atoms with Crippen LogP contribution < -0.4 is 0 Å². The summed E-state index contributed by atoms with van der Waals surface area (Å²) < 4.78 is 0. The van der Waals surface area contributed by atoms with Gasteiger partial charge < -0.3 is 4.90 Å². The third kappa shape index (κ3) is 3.47. The van der Waals surface area contributed by atoms with Crippen molar-refractivity contribution in [2.45, 2.75) is 38.6 Å². The number of halogens is 1. The summed E-state index contributed by atoms with van der Waals surface area (Å²) in [7, 11) is 0. The molecule has 0 aliphatic carbocycles. The summed E-state index contributed by atoms with van der Waals surface area (Å²) in [6, 6.07) is 9.47. The highest BCUT2D eigenvalue weighted by molar-refractivity contribution is 6.30. The van der Waals surface area contributed by atoms with E-state index in [2.05, 4.69) is 0 Å². The zero-order chi connectivity index (χ0) is 13.1. The van der Waals surface area contributed by atoms with Gasteiger partial charge in [0.25, 0.3) is 0 Å². The van der Waals surface area contributed by atoms with E-state index < -0.39 is 5.38 Å². The molecule has 0 aromatic heterocycles. The van der Waals surface area contributed by atoms with Crippen molar-refractivity contribution in [2.75, 3.05) is 6.54 Å². The number of carbonyl (C=O) groups is 1. The van der Waals surface area contributed by atoms with E-state index in [0.29, 0.717) is 6.54 Å². The lowest BCUT2D eigenvalue weighted by molar-refractivity contribution is -0.135. The van der Waals surface area contributed by atoms with E-state index in [-0.39, 0.29) is 11.4 Å². The van der Waals surface area contributed by atoms with Gasteiger partial charge in [-0.1, -0.05) is 30.3 Å². The molecule has 1 unspecified atom stereocenters. The molecule has 17 heavy (non-hydrogen) atoms. The molecule has 0 N–H and O–H groups in total. The van der Waals surface area contributed by atoms with Gasteiger partial charge in [0.05, 0.1) is 0 Å². The number of amides is 1. The number of carbonyl (C=O) groups excluding carboxylic acids is 1. The maximum absolute atomic E-state index is 12.3. The van der Waals surface area contributed by atoms with Crippen LogP contribution in [0.3, 0.4) is 0 Å². The Bertz CT molecular complexity index is 370. The number of benzene rings is 1. The van der Waals surface area contributed by atoms with Gasteiger partial charge in [0.2, 0.25) is 5.91 Å². The fraction of sp³-hybridized carbons (Fsp3) is 0.500. The molecular formula is C14H20ClNO. The van der Waals surface area contributed by atoms with Gasteiger partial charge in [0.1, 0.15) is 5.38 Å². The second kappa shape index (κ2) is 5.54. The highest BCUT2D eigenvalue weighted by Gasteiger charge is 2.30. The molecule has 0 bridgehead atoms. The molecule has 1 rings (SSSR count). The lowest BCUT2D eigenvalue weighted by atomic mass is 10.0. The molecule has 1 aromatic rings. The smallest absolute Gasteiger partial charge is 0.245 e. The van der Waals surface area contributed by atoms with Crippen LogP contribution in [-0.2, 0) is 4.79 Å². The number of hydrogen-bond donors (Lipinski definition) is 0. The van der Waals surface area contributed by atoms with Crippen molar-refractivity contribution >= 4 is 17.5 Å². The first-order valence-corrected chi connectivity index (χ1v) is 6.32. The van der Waals surface area contributed by atoms with Crippen LogP contribution in [0.15, 0.2) is 30.3 Å². The summed E-state index contributed by atoms with van der Waals surface area (Å²) in [5.74, 6) is -0.0344. The number of rotatable bonds is 3. The third-order valence-electron chi connectivity index (χ3n) is 2.70. The lowest BCUT2D eigenvalue weighted by Gasteiger charge is -2.36. The van der Waals surface area contributed by atoms with Gasteiger partial charge in [0.15, 0.2) is 0 Å². The number of nitrogens with zero attached hydrogens (tertiary/aromatic N) is 1. The standard InChI is InChI=1S/C14H20ClNO/c1-5-16(14(2,3)4)13(17)12(15)11-9-7-6-8-10-11/h6-10,12H,5H2,1-4H3. The molecule has 94 valence electrons. The zero-order valence-corrected chi connectivity index (χ0v) is 11.7. The Morgan fingerprint density at radius 2 is 1.82 bits per heavy atom. The molecule has 0 saturated heterocycles. The first kappa shape index (κ1) is 14.0. The highest BCUT2D eigenvalue weighted by atomic mass is 35.5. The minimum absolute atomic E-state index is 0.0344. The van der Waals surface area contributed by atoms with Crippen LogP contribution in [0.2, 0.25) is 0 Å². The van der Waals surface area contributed by atoms with Crippen molar-refractivity contribution in [2.24, 2.45) is 0 Å². The zero-order valence-electron chi connectivity index (χ0n) is 10.9. The van der Waals surface area contributed by atoms with Crippen molar-refractivity contribution < 1.29 is 4.79 Å². The van der Waals surface area contributed by atoms with Crippen molar-refractivity contribution in [3.8, 4) is 0 Å². The van der Waals surface area contributed by atoms with Gasteiger partial charge in [-0.25, -0.2) is 0 Å². The van der Waals surface area contributed by atoms with Gasteiger partial charge in [-0.05, 0) is 33.3 Å². The molecule has 1 atom stereocenters. The Hall–Kier alpha value is -1.02. The Kier molecular flexibility index (Phi) is 4.58. The van der Waals surface area contributed by atoms with Crippen LogP contribution in [0.5, 0.6) is 0 Å². The summed E-state index contributed by atoms with van der Waals surface area (Å²) in [4.78, 5) is 14.1. The van der Waals surface area contributed by atoms with E-state index in [9.17, 15) is 4.79 Å². The predicted octanol–water partition coefficient (Wildman–Crippen LogP) is 3.61. The largest absolute Gasteiger partial charge is 0.337 e. The molecule has 0 heterocycles. The minimum Gasteiger partial charge on any atom is -0.337 e. The molecule has 1 amide bonds. The van der Waals surface area contributed by atoms with Gasteiger partial charge >= 0.3 is 0 Å². The fourth-order valence-electron chi connectivity index (χ4n) is 1.86. The van der Waals surface area contributed by atoms with Crippen molar-refractivity contribution in [3.63, 3.8) is 0 Å². The molecule has 2 nitrogen and oxygen atoms in total. The van der Waals surface area contributed by atoms with E-state index in [4.69, 9.17) is 11.6 Å². The van der Waals surface area contributed by atoms with Crippen LogP contribution in [0.4, 0.5) is 0 Å². The van der Waals surface area contributed by atoms with Crippen LogP contribution in [0, 0.1) is 0 Å². The highest BCUT2D eigenvalue weighted by Crippen LogP contribution is 2.26. The summed E-state index contributed by atoms with van der Waals surface area (Å²) in [5, 5.41) is -0.602. The van der Waals surface area contributed by atoms with E-state index in [1.165, 1.54) is 0 Å². The van der Waals surface area contributed by atoms with Gasteiger partial charge in [0, 0.05) is 12.1 Å². The fourth-order valence-corrected chi connectivity index (χ4v) is 2.13. The van der Waals surface area contributed by atoms with Crippen LogP contribution in [-0.4, -0.2) is 22.9 Å². The summed E-state index contributed by atoms with van der Waals surface area (Å²) in [6.45, 7) is 8.69. The summed E-state index contributed by atoms with van der Waals surface area (Å²) in [6.07, 6.45) is 0. The maximum Gasteiger partial charge on any atom is 0.245 e. The molecule has 1 aromatic carbocycles. The lowest BCUT2D eigenvalue weighted by Crippen LogP contribution is -2.46. The third-order valence-corrected chi connectivity index (χ3v) is 3.14. The van der Waals surface area contributed by atoms with Crippen molar-refractivity contribution in [3.05, 3.63) is 35.9 Å². The first-order valence-electron chi connectivity index (χ1n) is 5.88. The quantitative estimate of drug-likeness (QED) is 0.754. The molecule has 0 aliphatic rings. The predicted molar refractivity (Wildman–Crippen MR) is 72.2 cm³/mol. The van der Waals surface area contributed by atoms with E-state index in [1.54, 1.807) is 4.90 Å². The van der Waals surface area contributed by atoms with E-state index >= 15 is 0 Å². The normalized spacial score (nSPS) is 13.2. The van der Waals surface area contributed by atoms with Crippen LogP contribution >= 0.6 is 11.6 Å². The Morgan fingerprint density at radius 1 is 1.29 bits per heavy atom. The molecule has 0 spiro atoms. The molecule has 0 aliphatic heterocycles. The van der Waals surface area contributed by atoms with Crippen LogP contribution in [0.25, 0.3) is 0 Å². The molecule has 0 fully saturated rings. The SMILES string of the molecule is CCN(C(=O)C(Cl)c1ccccc1)C(C)(C)C. The topological polar surface area (TPSA) is 20.3 Å². The Balaban J connectivity index is 2.90. The van der Waals surface area contributed by atoms with E-state index in [1.807, 2.05) is 58.0 Å². The molecule has 0 radical (unpaired) electrons. The second-order valence-electron chi connectivity index (χ2n) is 5.03. The second-order valence-corrected chi connectivity index (χ2v) is 5.46. The Labute approximate surface area is 109 Å². The number of hydrogen-bond acceptors (Lipinski definition) is 1. The molecule has 3 heteroatoms. The minimum atomic E-state index is -0.602. The maximum atomic E-state index is 12.3. The van der Waals surface area contributed by atoms with Gasteiger partial charge in [-0.2, -0.15) is 0 Å². The first-order chi connectivity index (χ1) is 7.88. The molecule has 0 saturated carbocycles. The Morgan fingerprint density at radius 3 is 2.24 bits per heavy atom. The summed E-state index contributed by atoms with van der Waals surface area (Å²) in [5.41, 5.74) is 0.648. The van der Waals surface area contributed by atoms with Crippen molar-refractivity contribution in [1.82, 2.24) is 4.90 Å². The average molecular weight is 254 g/mol. The van der Waals surface area contributed by atoms with Gasteiger partial charge in [-0.15, -0.1) is 11.6 Å². The van der Waals surface area contributed by atoms with Gasteiger partial charge in [-0.3, -0.25) is 4.79 Å². The van der Waals surface area contributed by atoms with Crippen LogP contribution in [0.1, 0.15) is 38.6 Å². The van der Waals surface area contributed by atoms with Crippen molar-refractivity contribution in [1.29, 1.82) is 0 Å². The monoisotopic (exact) mass is 253 g/mol.